The number of hydrogen-bond donors (Lipinski definition) is 0. The Morgan fingerprint density at radius 1 is 1.05 bits per heavy atom. The first-order chi connectivity index (χ1) is 10.3. The van der Waals surface area contributed by atoms with Crippen molar-refractivity contribution in [1.29, 1.82) is 0 Å². The average Bonchev–Trinajstić information content (AvgIpc) is 2.55. The maximum Gasteiger partial charge on any atom is 0.312 e. The lowest BCUT2D eigenvalue weighted by Crippen LogP contribution is -2.15. The molecule has 0 bridgehead atoms. The lowest BCUT2D eigenvalue weighted by Gasteiger charge is -2.21. The van der Waals surface area contributed by atoms with Gasteiger partial charge >= 0.3 is 5.97 Å². The van der Waals surface area contributed by atoms with Crippen LogP contribution in [0, 0.1) is 0 Å². The summed E-state index contributed by atoms with van der Waals surface area (Å²) in [7, 11) is 1.63. The minimum Gasteiger partial charge on any atom is -0.497 e. The smallest absolute Gasteiger partial charge is 0.312 e. The molecule has 3 rings (SSSR count). The van der Waals surface area contributed by atoms with Gasteiger partial charge in [-0.25, -0.2) is 0 Å². The largest absolute Gasteiger partial charge is 0.497 e. The molecule has 0 radical (unpaired) electrons. The van der Waals surface area contributed by atoms with E-state index in [4.69, 9.17) is 9.47 Å². The molecular weight excluding hydrogens is 264 g/mol. The Bertz CT molecular complexity index is 657. The number of esters is 1. The molecule has 1 atom stereocenters. The van der Waals surface area contributed by atoms with E-state index in [1.54, 1.807) is 7.11 Å². The molecular formula is C18H16O3. The summed E-state index contributed by atoms with van der Waals surface area (Å²) in [6.45, 7) is 0. The molecule has 21 heavy (non-hydrogen) atoms. The van der Waals surface area contributed by atoms with Crippen molar-refractivity contribution in [1.82, 2.24) is 0 Å². The molecule has 0 fully saturated rings. The second kappa shape index (κ2) is 5.83. The first kappa shape index (κ1) is 13.4. The summed E-state index contributed by atoms with van der Waals surface area (Å²) in [6.07, 6.45) is 2.39. The molecule has 1 heterocycles. The highest BCUT2D eigenvalue weighted by Crippen LogP contribution is 2.32. The monoisotopic (exact) mass is 280 g/mol. The van der Waals surface area contributed by atoms with Crippen LogP contribution in [0.15, 0.2) is 60.7 Å². The summed E-state index contributed by atoms with van der Waals surface area (Å²) in [4.78, 5) is 11.9. The number of hydrogen-bond acceptors (Lipinski definition) is 3. The highest BCUT2D eigenvalue weighted by atomic mass is 16.5. The summed E-state index contributed by atoms with van der Waals surface area (Å²) in [6, 6.07) is 17.5. The Morgan fingerprint density at radius 2 is 1.76 bits per heavy atom. The molecule has 0 aliphatic carbocycles. The van der Waals surface area contributed by atoms with Crippen LogP contribution in [0.4, 0.5) is 0 Å². The third kappa shape index (κ3) is 2.97. The molecule has 3 heteroatoms. The summed E-state index contributed by atoms with van der Waals surface area (Å²) in [5.41, 5.74) is 2.00. The topological polar surface area (TPSA) is 35.5 Å². The number of ether oxygens (including phenoxy) is 2. The van der Waals surface area contributed by atoms with Gasteiger partial charge in [0, 0.05) is 11.5 Å². The number of cyclic esters (lactones) is 1. The van der Waals surface area contributed by atoms with Gasteiger partial charge in [0.1, 0.15) is 11.5 Å². The molecule has 0 amide bonds. The molecule has 1 aliphatic heterocycles. The van der Waals surface area contributed by atoms with Crippen LogP contribution in [-0.4, -0.2) is 13.1 Å². The minimum atomic E-state index is -0.197. The number of allylic oxidation sites excluding steroid dienone is 1. The molecule has 0 N–H and O–H groups in total. The number of carbonyl (C=O) groups is 1. The van der Waals surface area contributed by atoms with Crippen molar-refractivity contribution in [2.75, 3.05) is 7.11 Å². The van der Waals surface area contributed by atoms with Crippen molar-refractivity contribution >= 4 is 11.7 Å². The van der Waals surface area contributed by atoms with Crippen molar-refractivity contribution in [3.8, 4) is 5.75 Å². The predicted molar refractivity (Wildman–Crippen MR) is 80.9 cm³/mol. The van der Waals surface area contributed by atoms with Gasteiger partial charge < -0.3 is 9.47 Å². The van der Waals surface area contributed by atoms with Crippen LogP contribution in [0.1, 0.15) is 23.5 Å². The highest BCUT2D eigenvalue weighted by molar-refractivity contribution is 5.82. The molecule has 2 aromatic rings. The summed E-state index contributed by atoms with van der Waals surface area (Å²) in [5.74, 6) is 1.26. The quantitative estimate of drug-likeness (QED) is 0.803. The SMILES string of the molecule is COc1ccc(C2=CC(c3ccccc3)CC(=O)O2)cc1. The Labute approximate surface area is 123 Å². The highest BCUT2D eigenvalue weighted by Gasteiger charge is 2.23. The van der Waals surface area contributed by atoms with E-state index in [-0.39, 0.29) is 11.9 Å². The molecule has 0 saturated heterocycles. The van der Waals surface area contributed by atoms with Gasteiger partial charge in [-0.15, -0.1) is 0 Å². The molecule has 0 saturated carbocycles. The van der Waals surface area contributed by atoms with Gasteiger partial charge in [-0.2, -0.15) is 0 Å². The molecule has 2 aromatic carbocycles. The van der Waals surface area contributed by atoms with E-state index >= 15 is 0 Å². The Balaban J connectivity index is 1.92. The zero-order chi connectivity index (χ0) is 14.7. The third-order valence-electron chi connectivity index (χ3n) is 3.57. The molecule has 3 nitrogen and oxygen atoms in total. The standard InChI is InChI=1S/C18H16O3/c1-20-16-9-7-14(8-10-16)17-11-15(12-18(19)21-17)13-5-3-2-4-6-13/h2-11,15H,12H2,1H3. The van der Waals surface area contributed by atoms with Crippen LogP contribution in [-0.2, 0) is 9.53 Å². The predicted octanol–water partition coefficient (Wildman–Crippen LogP) is 3.77. The Hall–Kier alpha value is -2.55. The lowest BCUT2D eigenvalue weighted by atomic mass is 9.92. The van der Waals surface area contributed by atoms with Crippen molar-refractivity contribution < 1.29 is 14.3 Å². The maximum absolute atomic E-state index is 11.9. The lowest BCUT2D eigenvalue weighted by molar-refractivity contribution is -0.137. The maximum atomic E-state index is 11.9. The van der Waals surface area contributed by atoms with E-state index in [1.807, 2.05) is 60.7 Å². The van der Waals surface area contributed by atoms with Crippen LogP contribution < -0.4 is 4.74 Å². The molecule has 1 aliphatic rings. The van der Waals surface area contributed by atoms with Crippen LogP contribution in [0.25, 0.3) is 5.76 Å². The van der Waals surface area contributed by atoms with Gasteiger partial charge in [0.25, 0.3) is 0 Å². The minimum absolute atomic E-state index is 0.0598. The Kier molecular flexibility index (Phi) is 3.73. The zero-order valence-corrected chi connectivity index (χ0v) is 11.8. The normalized spacial score (nSPS) is 17.9. The first-order valence-electron chi connectivity index (χ1n) is 6.88. The van der Waals surface area contributed by atoms with Gasteiger partial charge in [-0.05, 0) is 35.9 Å². The van der Waals surface area contributed by atoms with Gasteiger partial charge in [0.15, 0.2) is 0 Å². The van der Waals surface area contributed by atoms with E-state index in [2.05, 4.69) is 0 Å². The number of carbonyl (C=O) groups excluding carboxylic acids is 1. The Morgan fingerprint density at radius 3 is 2.43 bits per heavy atom. The molecule has 106 valence electrons. The van der Waals surface area contributed by atoms with Crippen LogP contribution in [0.2, 0.25) is 0 Å². The fraction of sp³-hybridized carbons (Fsp3) is 0.167. The van der Waals surface area contributed by atoms with E-state index in [0.29, 0.717) is 12.2 Å². The van der Waals surface area contributed by atoms with Gasteiger partial charge in [-0.3, -0.25) is 4.79 Å². The van der Waals surface area contributed by atoms with E-state index in [1.165, 1.54) is 0 Å². The fourth-order valence-corrected chi connectivity index (χ4v) is 2.44. The number of rotatable bonds is 3. The summed E-state index contributed by atoms with van der Waals surface area (Å²) in [5, 5.41) is 0. The van der Waals surface area contributed by atoms with Gasteiger partial charge in [-0.1, -0.05) is 30.3 Å². The zero-order valence-electron chi connectivity index (χ0n) is 11.8. The second-order valence-electron chi connectivity index (χ2n) is 4.95. The summed E-state index contributed by atoms with van der Waals surface area (Å²) >= 11 is 0. The molecule has 0 spiro atoms. The van der Waals surface area contributed by atoms with Crippen molar-refractivity contribution in [3.05, 3.63) is 71.8 Å². The molecule has 1 unspecified atom stereocenters. The molecule has 0 aromatic heterocycles. The van der Waals surface area contributed by atoms with E-state index < -0.39 is 0 Å². The van der Waals surface area contributed by atoms with E-state index in [9.17, 15) is 4.79 Å². The van der Waals surface area contributed by atoms with Crippen LogP contribution in [0.5, 0.6) is 5.75 Å². The number of benzene rings is 2. The second-order valence-corrected chi connectivity index (χ2v) is 4.95. The summed E-state index contributed by atoms with van der Waals surface area (Å²) < 4.78 is 10.5. The van der Waals surface area contributed by atoms with Gasteiger partial charge in [0.05, 0.1) is 13.5 Å². The first-order valence-corrected chi connectivity index (χ1v) is 6.88. The van der Waals surface area contributed by atoms with Crippen LogP contribution >= 0.6 is 0 Å². The van der Waals surface area contributed by atoms with E-state index in [0.717, 1.165) is 16.9 Å². The van der Waals surface area contributed by atoms with Crippen molar-refractivity contribution in [3.63, 3.8) is 0 Å². The third-order valence-corrected chi connectivity index (χ3v) is 3.57. The fourth-order valence-electron chi connectivity index (χ4n) is 2.44. The van der Waals surface area contributed by atoms with Gasteiger partial charge in [0.2, 0.25) is 0 Å². The van der Waals surface area contributed by atoms with Crippen LogP contribution in [0.3, 0.4) is 0 Å². The van der Waals surface area contributed by atoms with Crippen molar-refractivity contribution in [2.45, 2.75) is 12.3 Å². The number of methoxy groups -OCH3 is 1. The average molecular weight is 280 g/mol. The van der Waals surface area contributed by atoms with Crippen molar-refractivity contribution in [2.24, 2.45) is 0 Å².